The SMILES string of the molecule is Cc1cccc(C)c1N1CCN(S(=O)(=O)c2cccc(F)c2)CC1. The summed E-state index contributed by atoms with van der Waals surface area (Å²) in [6.07, 6.45) is 0. The van der Waals surface area contributed by atoms with Crippen molar-refractivity contribution in [2.24, 2.45) is 0 Å². The third-order valence-corrected chi connectivity index (χ3v) is 6.32. The zero-order chi connectivity index (χ0) is 17.3. The molecular formula is C18H21FN2O2S. The number of piperazine rings is 1. The van der Waals surface area contributed by atoms with Crippen LogP contribution < -0.4 is 4.90 Å². The molecule has 0 saturated carbocycles. The molecule has 6 heteroatoms. The lowest BCUT2D eigenvalue weighted by Gasteiger charge is -2.36. The van der Waals surface area contributed by atoms with Crippen LogP contribution in [0.5, 0.6) is 0 Å². The largest absolute Gasteiger partial charge is 0.368 e. The fourth-order valence-corrected chi connectivity index (χ4v) is 4.69. The molecule has 1 heterocycles. The molecule has 0 amide bonds. The molecule has 1 aliphatic heterocycles. The smallest absolute Gasteiger partial charge is 0.243 e. The van der Waals surface area contributed by atoms with Gasteiger partial charge in [-0.15, -0.1) is 0 Å². The van der Waals surface area contributed by atoms with Crippen LogP contribution in [0.25, 0.3) is 0 Å². The highest BCUT2D eigenvalue weighted by Crippen LogP contribution is 2.27. The molecular weight excluding hydrogens is 327 g/mol. The second-order valence-electron chi connectivity index (χ2n) is 6.09. The van der Waals surface area contributed by atoms with Gasteiger partial charge in [-0.05, 0) is 43.2 Å². The molecule has 0 N–H and O–H groups in total. The molecule has 0 spiro atoms. The monoisotopic (exact) mass is 348 g/mol. The van der Waals surface area contributed by atoms with E-state index < -0.39 is 15.8 Å². The predicted octanol–water partition coefficient (Wildman–Crippen LogP) is 2.95. The summed E-state index contributed by atoms with van der Waals surface area (Å²) in [5.74, 6) is -0.537. The highest BCUT2D eigenvalue weighted by molar-refractivity contribution is 7.89. The summed E-state index contributed by atoms with van der Waals surface area (Å²) < 4.78 is 40.1. The molecule has 128 valence electrons. The van der Waals surface area contributed by atoms with E-state index in [0.29, 0.717) is 26.2 Å². The van der Waals surface area contributed by atoms with Gasteiger partial charge in [0.15, 0.2) is 0 Å². The molecule has 24 heavy (non-hydrogen) atoms. The minimum atomic E-state index is -3.64. The normalized spacial score (nSPS) is 16.4. The van der Waals surface area contributed by atoms with Crippen molar-refractivity contribution in [2.75, 3.05) is 31.1 Å². The molecule has 1 fully saturated rings. The first-order valence-electron chi connectivity index (χ1n) is 7.96. The number of sulfonamides is 1. The van der Waals surface area contributed by atoms with Crippen molar-refractivity contribution in [1.29, 1.82) is 0 Å². The number of rotatable bonds is 3. The molecule has 0 bridgehead atoms. The van der Waals surface area contributed by atoms with Crippen molar-refractivity contribution in [1.82, 2.24) is 4.31 Å². The molecule has 2 aromatic carbocycles. The molecule has 1 saturated heterocycles. The van der Waals surface area contributed by atoms with Crippen molar-refractivity contribution in [3.8, 4) is 0 Å². The Labute approximate surface area is 142 Å². The highest BCUT2D eigenvalue weighted by Gasteiger charge is 2.29. The van der Waals surface area contributed by atoms with E-state index in [1.807, 2.05) is 6.07 Å². The van der Waals surface area contributed by atoms with E-state index in [-0.39, 0.29) is 4.90 Å². The van der Waals surface area contributed by atoms with Gasteiger partial charge in [-0.2, -0.15) is 4.31 Å². The van der Waals surface area contributed by atoms with Crippen molar-refractivity contribution < 1.29 is 12.8 Å². The van der Waals surface area contributed by atoms with E-state index in [4.69, 9.17) is 0 Å². The first-order chi connectivity index (χ1) is 11.4. The van der Waals surface area contributed by atoms with Crippen molar-refractivity contribution in [3.05, 3.63) is 59.4 Å². The van der Waals surface area contributed by atoms with Gasteiger partial charge in [-0.3, -0.25) is 0 Å². The molecule has 0 unspecified atom stereocenters. The number of anilines is 1. The summed E-state index contributed by atoms with van der Waals surface area (Å²) in [5, 5.41) is 0. The Morgan fingerprint density at radius 3 is 2.08 bits per heavy atom. The van der Waals surface area contributed by atoms with Crippen LogP contribution in [-0.2, 0) is 10.0 Å². The maximum Gasteiger partial charge on any atom is 0.243 e. The van der Waals surface area contributed by atoms with E-state index in [1.54, 1.807) is 0 Å². The topological polar surface area (TPSA) is 40.6 Å². The number of nitrogens with zero attached hydrogens (tertiary/aromatic N) is 2. The minimum Gasteiger partial charge on any atom is -0.368 e. The molecule has 3 rings (SSSR count). The Morgan fingerprint density at radius 1 is 0.917 bits per heavy atom. The molecule has 0 aliphatic carbocycles. The third kappa shape index (κ3) is 3.16. The van der Waals surface area contributed by atoms with E-state index in [9.17, 15) is 12.8 Å². The summed E-state index contributed by atoms with van der Waals surface area (Å²) in [7, 11) is -3.64. The van der Waals surface area contributed by atoms with E-state index in [2.05, 4.69) is 30.9 Å². The van der Waals surface area contributed by atoms with Crippen molar-refractivity contribution in [2.45, 2.75) is 18.7 Å². The van der Waals surface area contributed by atoms with Crippen LogP contribution in [0.15, 0.2) is 47.4 Å². The van der Waals surface area contributed by atoms with Crippen molar-refractivity contribution in [3.63, 3.8) is 0 Å². The Kier molecular flexibility index (Phi) is 4.60. The lowest BCUT2D eigenvalue weighted by molar-refractivity contribution is 0.384. The lowest BCUT2D eigenvalue weighted by Crippen LogP contribution is -2.49. The first-order valence-corrected chi connectivity index (χ1v) is 9.40. The van der Waals surface area contributed by atoms with Crippen LogP contribution in [0.2, 0.25) is 0 Å². The van der Waals surface area contributed by atoms with Gasteiger partial charge in [0.1, 0.15) is 5.82 Å². The molecule has 0 atom stereocenters. The van der Waals surface area contributed by atoms with Crippen LogP contribution in [-0.4, -0.2) is 38.9 Å². The average molecular weight is 348 g/mol. The second-order valence-corrected chi connectivity index (χ2v) is 8.03. The Morgan fingerprint density at radius 2 is 1.50 bits per heavy atom. The second kappa shape index (κ2) is 6.53. The van der Waals surface area contributed by atoms with E-state index in [1.165, 1.54) is 39.3 Å². The first kappa shape index (κ1) is 16.9. The molecule has 1 aliphatic rings. The third-order valence-electron chi connectivity index (χ3n) is 4.43. The molecule has 2 aromatic rings. The number of hydrogen-bond acceptors (Lipinski definition) is 3. The number of benzene rings is 2. The van der Waals surface area contributed by atoms with Gasteiger partial charge in [0.2, 0.25) is 10.0 Å². The van der Waals surface area contributed by atoms with Gasteiger partial charge in [0.25, 0.3) is 0 Å². The van der Waals surface area contributed by atoms with E-state index in [0.717, 1.165) is 6.07 Å². The van der Waals surface area contributed by atoms with Gasteiger partial charge < -0.3 is 4.90 Å². The van der Waals surface area contributed by atoms with Gasteiger partial charge in [0, 0.05) is 31.9 Å². The number of para-hydroxylation sites is 1. The lowest BCUT2D eigenvalue weighted by atomic mass is 10.1. The maximum absolute atomic E-state index is 13.3. The summed E-state index contributed by atoms with van der Waals surface area (Å²) in [5.41, 5.74) is 3.56. The number of hydrogen-bond donors (Lipinski definition) is 0. The zero-order valence-corrected chi connectivity index (χ0v) is 14.7. The summed E-state index contributed by atoms with van der Waals surface area (Å²) in [6.45, 7) is 6.18. The van der Waals surface area contributed by atoms with Gasteiger partial charge in [-0.25, -0.2) is 12.8 Å². The van der Waals surface area contributed by atoms with Crippen LogP contribution in [0, 0.1) is 19.7 Å². The van der Waals surface area contributed by atoms with Crippen LogP contribution in [0.4, 0.5) is 10.1 Å². The molecule has 0 radical (unpaired) electrons. The summed E-state index contributed by atoms with van der Waals surface area (Å²) in [4.78, 5) is 2.24. The Balaban J connectivity index is 1.78. The summed E-state index contributed by atoms with van der Waals surface area (Å²) in [6, 6.07) is 11.4. The van der Waals surface area contributed by atoms with E-state index >= 15 is 0 Å². The average Bonchev–Trinajstić information content (AvgIpc) is 2.55. The van der Waals surface area contributed by atoms with Gasteiger partial charge in [0.05, 0.1) is 4.90 Å². The zero-order valence-electron chi connectivity index (χ0n) is 13.9. The van der Waals surface area contributed by atoms with Crippen LogP contribution in [0.3, 0.4) is 0 Å². The fourth-order valence-electron chi connectivity index (χ4n) is 3.23. The molecule has 0 aromatic heterocycles. The molecule has 4 nitrogen and oxygen atoms in total. The summed E-state index contributed by atoms with van der Waals surface area (Å²) >= 11 is 0. The van der Waals surface area contributed by atoms with Crippen molar-refractivity contribution >= 4 is 15.7 Å². The standard InChI is InChI=1S/C18H21FN2O2S/c1-14-5-3-6-15(2)18(14)20-9-11-21(12-10-20)24(22,23)17-8-4-7-16(19)13-17/h3-8,13H,9-12H2,1-2H3. The predicted molar refractivity (Wildman–Crippen MR) is 93.3 cm³/mol. The Hall–Kier alpha value is -1.92. The quantitative estimate of drug-likeness (QED) is 0.856. The minimum absolute atomic E-state index is 0.0167. The maximum atomic E-state index is 13.3. The fraction of sp³-hybridized carbons (Fsp3) is 0.333. The number of halogens is 1. The van der Waals surface area contributed by atoms with Gasteiger partial charge in [-0.1, -0.05) is 24.3 Å². The number of aryl methyl sites for hydroxylation is 2. The van der Waals surface area contributed by atoms with Gasteiger partial charge >= 0.3 is 0 Å². The highest BCUT2D eigenvalue weighted by atomic mass is 32.2. The Bertz CT molecular complexity index is 824. The van der Waals surface area contributed by atoms with Crippen LogP contribution in [0.1, 0.15) is 11.1 Å². The van der Waals surface area contributed by atoms with Crippen LogP contribution >= 0.6 is 0 Å².